The zero-order chi connectivity index (χ0) is 13.8. The van der Waals surface area contributed by atoms with Gasteiger partial charge in [0.05, 0.1) is 13.7 Å². The van der Waals surface area contributed by atoms with Crippen molar-refractivity contribution < 1.29 is 24.0 Å². The third-order valence-electron chi connectivity index (χ3n) is 3.26. The summed E-state index contributed by atoms with van der Waals surface area (Å²) in [5, 5.41) is 2.44. The average molecular weight is 288 g/mol. The molecule has 2 aliphatic heterocycles. The summed E-state index contributed by atoms with van der Waals surface area (Å²) in [5.74, 6) is 0.430. The standard InChI is InChI=1S/C11H17N3O4S/c1-18-10(16)8-6-13(4-5-19-8)7-14-9(15)2-3-12-11(14)17/h8H,2-7H2,1H3,(H,12,17)/p+1/t8-/m0/s1. The Morgan fingerprint density at radius 1 is 1.58 bits per heavy atom. The monoisotopic (exact) mass is 288 g/mol. The molecule has 19 heavy (non-hydrogen) atoms. The number of ether oxygens (including phenoxy) is 1. The second-order valence-electron chi connectivity index (χ2n) is 4.55. The topological polar surface area (TPSA) is 80.2 Å². The average Bonchev–Trinajstić information content (AvgIpc) is 2.42. The summed E-state index contributed by atoms with van der Waals surface area (Å²) in [6, 6.07) is -0.336. The van der Waals surface area contributed by atoms with Gasteiger partial charge in [-0.1, -0.05) is 0 Å². The molecule has 1 unspecified atom stereocenters. The van der Waals surface area contributed by atoms with E-state index in [1.807, 2.05) is 0 Å². The van der Waals surface area contributed by atoms with E-state index in [-0.39, 0.29) is 23.2 Å². The summed E-state index contributed by atoms with van der Waals surface area (Å²) >= 11 is 1.56. The number of carbonyl (C=O) groups excluding carboxylic acids is 3. The molecule has 0 radical (unpaired) electrons. The molecule has 2 aliphatic rings. The van der Waals surface area contributed by atoms with E-state index < -0.39 is 0 Å². The molecular weight excluding hydrogens is 270 g/mol. The van der Waals surface area contributed by atoms with Gasteiger partial charge in [-0.25, -0.2) is 9.69 Å². The van der Waals surface area contributed by atoms with Crippen LogP contribution in [-0.2, 0) is 14.3 Å². The summed E-state index contributed by atoms with van der Waals surface area (Å²) in [6.07, 6.45) is 0.341. The Labute approximate surface area is 115 Å². The van der Waals surface area contributed by atoms with Crippen LogP contribution in [0.4, 0.5) is 4.79 Å². The van der Waals surface area contributed by atoms with E-state index in [1.165, 1.54) is 12.0 Å². The van der Waals surface area contributed by atoms with E-state index in [0.29, 0.717) is 26.2 Å². The van der Waals surface area contributed by atoms with E-state index in [0.717, 1.165) is 17.2 Å². The molecule has 2 rings (SSSR count). The van der Waals surface area contributed by atoms with Crippen LogP contribution in [0.5, 0.6) is 0 Å². The number of hydrogen-bond donors (Lipinski definition) is 2. The van der Waals surface area contributed by atoms with Crippen LogP contribution in [-0.4, -0.2) is 67.2 Å². The smallest absolute Gasteiger partial charge is 0.328 e. The van der Waals surface area contributed by atoms with Crippen molar-refractivity contribution in [3.05, 3.63) is 0 Å². The van der Waals surface area contributed by atoms with Gasteiger partial charge in [0.1, 0.15) is 6.54 Å². The number of urea groups is 1. The first-order valence-electron chi connectivity index (χ1n) is 6.23. The number of imide groups is 1. The molecule has 0 aliphatic carbocycles. The van der Waals surface area contributed by atoms with Crippen LogP contribution in [0.25, 0.3) is 0 Å². The highest BCUT2D eigenvalue weighted by atomic mass is 32.2. The molecule has 0 bridgehead atoms. The Kier molecular flexibility index (Phi) is 4.65. The summed E-state index contributed by atoms with van der Waals surface area (Å²) in [6.45, 7) is 2.13. The molecule has 2 heterocycles. The summed E-state index contributed by atoms with van der Waals surface area (Å²) in [7, 11) is 1.37. The summed E-state index contributed by atoms with van der Waals surface area (Å²) in [5.41, 5.74) is 0. The third-order valence-corrected chi connectivity index (χ3v) is 4.46. The van der Waals surface area contributed by atoms with Crippen molar-refractivity contribution in [3.8, 4) is 0 Å². The van der Waals surface area contributed by atoms with Gasteiger partial charge in [-0.2, -0.15) is 0 Å². The largest absolute Gasteiger partial charge is 0.468 e. The van der Waals surface area contributed by atoms with Crippen LogP contribution in [0.2, 0.25) is 0 Å². The maximum absolute atomic E-state index is 11.7. The number of esters is 1. The van der Waals surface area contributed by atoms with Crippen molar-refractivity contribution >= 4 is 29.7 Å². The molecule has 0 aromatic carbocycles. The van der Waals surface area contributed by atoms with E-state index in [2.05, 4.69) is 5.32 Å². The lowest BCUT2D eigenvalue weighted by atomic mass is 10.3. The zero-order valence-electron chi connectivity index (χ0n) is 10.8. The number of carbonyl (C=O) groups is 3. The van der Waals surface area contributed by atoms with Crippen molar-refractivity contribution in [2.75, 3.05) is 39.2 Å². The van der Waals surface area contributed by atoms with Gasteiger partial charge in [-0.05, 0) is 0 Å². The van der Waals surface area contributed by atoms with Crippen LogP contribution < -0.4 is 10.2 Å². The zero-order valence-corrected chi connectivity index (χ0v) is 11.6. The molecule has 3 amide bonds. The van der Waals surface area contributed by atoms with E-state index in [1.54, 1.807) is 11.8 Å². The molecule has 7 nitrogen and oxygen atoms in total. The lowest BCUT2D eigenvalue weighted by Gasteiger charge is -2.33. The molecule has 2 saturated heterocycles. The minimum absolute atomic E-state index is 0.149. The minimum Gasteiger partial charge on any atom is -0.468 e. The van der Waals surface area contributed by atoms with Crippen molar-refractivity contribution in [1.29, 1.82) is 0 Å². The van der Waals surface area contributed by atoms with Gasteiger partial charge < -0.3 is 15.0 Å². The van der Waals surface area contributed by atoms with E-state index >= 15 is 0 Å². The fourth-order valence-electron chi connectivity index (χ4n) is 2.20. The first-order chi connectivity index (χ1) is 9.11. The fourth-order valence-corrected chi connectivity index (χ4v) is 3.48. The third kappa shape index (κ3) is 3.38. The van der Waals surface area contributed by atoms with Crippen molar-refractivity contribution in [2.45, 2.75) is 11.7 Å². The molecule has 8 heteroatoms. The van der Waals surface area contributed by atoms with Crippen molar-refractivity contribution in [2.24, 2.45) is 0 Å². The molecule has 2 atom stereocenters. The van der Waals surface area contributed by atoms with Crippen LogP contribution >= 0.6 is 11.8 Å². The summed E-state index contributed by atoms with van der Waals surface area (Å²) in [4.78, 5) is 37.2. The van der Waals surface area contributed by atoms with Crippen LogP contribution in [0.3, 0.4) is 0 Å². The quantitative estimate of drug-likeness (QED) is 0.591. The van der Waals surface area contributed by atoms with Gasteiger partial charge >= 0.3 is 12.0 Å². The lowest BCUT2D eigenvalue weighted by molar-refractivity contribution is -0.905. The van der Waals surface area contributed by atoms with Crippen LogP contribution in [0, 0.1) is 0 Å². The van der Waals surface area contributed by atoms with Gasteiger partial charge in [-0.15, -0.1) is 11.8 Å². The Morgan fingerprint density at radius 2 is 2.37 bits per heavy atom. The fraction of sp³-hybridized carbons (Fsp3) is 0.727. The van der Waals surface area contributed by atoms with Crippen LogP contribution in [0.15, 0.2) is 0 Å². The lowest BCUT2D eigenvalue weighted by Crippen LogP contribution is -3.16. The first-order valence-corrected chi connectivity index (χ1v) is 7.28. The normalized spacial score (nSPS) is 27.9. The molecular formula is C11H18N3O4S+. The molecule has 0 saturated carbocycles. The molecule has 0 aromatic heterocycles. The van der Waals surface area contributed by atoms with Crippen molar-refractivity contribution in [3.63, 3.8) is 0 Å². The molecule has 106 valence electrons. The number of hydrogen-bond acceptors (Lipinski definition) is 5. The maximum atomic E-state index is 11.7. The molecule has 2 fully saturated rings. The number of quaternary nitrogens is 1. The number of methoxy groups -OCH3 is 1. The predicted octanol–water partition coefficient (Wildman–Crippen LogP) is -1.94. The van der Waals surface area contributed by atoms with Gasteiger partial charge in [0.2, 0.25) is 5.91 Å². The highest BCUT2D eigenvalue weighted by molar-refractivity contribution is 8.00. The van der Waals surface area contributed by atoms with E-state index in [9.17, 15) is 14.4 Å². The van der Waals surface area contributed by atoms with Gasteiger partial charge in [0.25, 0.3) is 0 Å². The Bertz CT molecular complexity index is 374. The highest BCUT2D eigenvalue weighted by Gasteiger charge is 2.34. The Balaban J connectivity index is 1.93. The number of nitrogens with zero attached hydrogens (tertiary/aromatic N) is 1. The second kappa shape index (κ2) is 6.25. The SMILES string of the molecule is COC(=O)[C@@H]1C[NH+](CN2C(=O)CCNC2=O)CCS1. The minimum atomic E-state index is -0.336. The number of amides is 3. The van der Waals surface area contributed by atoms with Gasteiger partial charge in [0, 0.05) is 18.7 Å². The van der Waals surface area contributed by atoms with Crippen LogP contribution in [0.1, 0.15) is 6.42 Å². The van der Waals surface area contributed by atoms with Gasteiger partial charge in [0.15, 0.2) is 11.9 Å². The summed E-state index contributed by atoms with van der Waals surface area (Å²) < 4.78 is 4.74. The van der Waals surface area contributed by atoms with Gasteiger partial charge in [-0.3, -0.25) is 9.59 Å². The second-order valence-corrected chi connectivity index (χ2v) is 5.86. The molecule has 0 spiro atoms. The molecule has 2 N–H and O–H groups in total. The number of nitrogens with one attached hydrogen (secondary N) is 2. The van der Waals surface area contributed by atoms with E-state index in [4.69, 9.17) is 4.74 Å². The first kappa shape index (κ1) is 14.1. The predicted molar refractivity (Wildman–Crippen MR) is 68.7 cm³/mol. The number of thioether (sulfide) groups is 1. The maximum Gasteiger partial charge on any atom is 0.328 e. The highest BCUT2D eigenvalue weighted by Crippen LogP contribution is 2.12. The Morgan fingerprint density at radius 3 is 3.05 bits per heavy atom. The van der Waals surface area contributed by atoms with Crippen molar-refractivity contribution in [1.82, 2.24) is 10.2 Å². The Hall–Kier alpha value is -1.28. The number of rotatable bonds is 3. The molecule has 0 aromatic rings.